The molecule has 0 heterocycles. The van der Waals surface area contributed by atoms with Crippen LogP contribution >= 0.6 is 23.2 Å². The Kier molecular flexibility index (Phi) is 3.46. The van der Waals surface area contributed by atoms with Crippen LogP contribution in [0.4, 0.5) is 0 Å². The zero-order valence-corrected chi connectivity index (χ0v) is 11.7. The van der Waals surface area contributed by atoms with Gasteiger partial charge in [0.25, 0.3) is 0 Å². The van der Waals surface area contributed by atoms with Crippen molar-refractivity contribution in [2.45, 2.75) is 20.8 Å². The van der Waals surface area contributed by atoms with Crippen LogP contribution in [-0.2, 0) is 0 Å². The summed E-state index contributed by atoms with van der Waals surface area (Å²) >= 11 is 12.4. The SMILES string of the molecule is Cc1cc(-c2c(Cl)cccc2Cl)cc(C)c1C. The van der Waals surface area contributed by atoms with Crippen molar-refractivity contribution in [1.29, 1.82) is 0 Å². The summed E-state index contributed by atoms with van der Waals surface area (Å²) in [5.74, 6) is 0. The molecule has 2 heteroatoms. The van der Waals surface area contributed by atoms with Crippen LogP contribution < -0.4 is 0 Å². The average molecular weight is 265 g/mol. The van der Waals surface area contributed by atoms with E-state index in [1.807, 2.05) is 18.2 Å². The molecule has 88 valence electrons. The minimum atomic E-state index is 0.695. The maximum Gasteiger partial charge on any atom is 0.0499 e. The third kappa shape index (κ3) is 2.34. The van der Waals surface area contributed by atoms with Crippen molar-refractivity contribution in [2.75, 3.05) is 0 Å². The van der Waals surface area contributed by atoms with E-state index in [1.54, 1.807) is 0 Å². The predicted molar refractivity (Wildman–Crippen MR) is 76.1 cm³/mol. The molecule has 2 aromatic carbocycles. The molecular formula is C15H14Cl2. The molecule has 0 atom stereocenters. The molecule has 0 N–H and O–H groups in total. The molecule has 0 bridgehead atoms. The van der Waals surface area contributed by atoms with Crippen LogP contribution in [-0.4, -0.2) is 0 Å². The van der Waals surface area contributed by atoms with Gasteiger partial charge in [0.1, 0.15) is 0 Å². The van der Waals surface area contributed by atoms with E-state index >= 15 is 0 Å². The number of rotatable bonds is 1. The normalized spacial score (nSPS) is 10.6. The van der Waals surface area contributed by atoms with Crippen molar-refractivity contribution in [2.24, 2.45) is 0 Å². The largest absolute Gasteiger partial charge is 0.0836 e. The van der Waals surface area contributed by atoms with E-state index in [0.29, 0.717) is 10.0 Å². The molecule has 0 amide bonds. The molecule has 0 aliphatic rings. The predicted octanol–water partition coefficient (Wildman–Crippen LogP) is 5.59. The summed E-state index contributed by atoms with van der Waals surface area (Å²) in [6, 6.07) is 9.87. The molecule has 0 fully saturated rings. The number of hydrogen-bond acceptors (Lipinski definition) is 0. The highest BCUT2D eigenvalue weighted by Gasteiger charge is 2.10. The topological polar surface area (TPSA) is 0 Å². The summed E-state index contributed by atoms with van der Waals surface area (Å²) in [6.07, 6.45) is 0. The van der Waals surface area contributed by atoms with Crippen molar-refractivity contribution in [1.82, 2.24) is 0 Å². The second kappa shape index (κ2) is 4.72. The van der Waals surface area contributed by atoms with Gasteiger partial charge in [-0.25, -0.2) is 0 Å². The summed E-state index contributed by atoms with van der Waals surface area (Å²) in [6.45, 7) is 6.34. The molecule has 2 rings (SSSR count). The standard InChI is InChI=1S/C15H14Cl2/c1-9-7-12(8-10(2)11(9)3)15-13(16)5-4-6-14(15)17/h4-8H,1-3H3. The molecule has 2 aromatic rings. The zero-order valence-electron chi connectivity index (χ0n) is 10.1. The lowest BCUT2D eigenvalue weighted by molar-refractivity contribution is 1.27. The Morgan fingerprint density at radius 2 is 1.29 bits per heavy atom. The van der Waals surface area contributed by atoms with Gasteiger partial charge in [0.15, 0.2) is 0 Å². The molecule has 0 unspecified atom stereocenters. The number of halogens is 2. The number of aryl methyl sites for hydroxylation is 2. The van der Waals surface area contributed by atoms with E-state index in [-0.39, 0.29) is 0 Å². The lowest BCUT2D eigenvalue weighted by Crippen LogP contribution is -1.90. The van der Waals surface area contributed by atoms with Crippen molar-refractivity contribution in [3.63, 3.8) is 0 Å². The highest BCUT2D eigenvalue weighted by molar-refractivity contribution is 6.39. The summed E-state index contributed by atoms with van der Waals surface area (Å²) in [5.41, 5.74) is 5.84. The fraction of sp³-hybridized carbons (Fsp3) is 0.200. The van der Waals surface area contributed by atoms with Crippen LogP contribution in [0.2, 0.25) is 10.0 Å². The third-order valence-corrected chi connectivity index (χ3v) is 3.81. The molecule has 0 aromatic heterocycles. The first-order valence-electron chi connectivity index (χ1n) is 5.53. The van der Waals surface area contributed by atoms with E-state index in [1.165, 1.54) is 16.7 Å². The monoisotopic (exact) mass is 264 g/mol. The smallest absolute Gasteiger partial charge is 0.0499 e. The third-order valence-electron chi connectivity index (χ3n) is 3.18. The molecule has 0 saturated heterocycles. The van der Waals surface area contributed by atoms with Gasteiger partial charge in [-0.2, -0.15) is 0 Å². The first-order valence-corrected chi connectivity index (χ1v) is 6.28. The van der Waals surface area contributed by atoms with Crippen molar-refractivity contribution in [3.05, 3.63) is 57.1 Å². The molecule has 0 saturated carbocycles. The summed E-state index contributed by atoms with van der Waals surface area (Å²) in [7, 11) is 0. The Morgan fingerprint density at radius 1 is 0.824 bits per heavy atom. The van der Waals surface area contributed by atoms with Gasteiger partial charge >= 0.3 is 0 Å². The van der Waals surface area contributed by atoms with Crippen LogP contribution in [0.1, 0.15) is 16.7 Å². The second-order valence-electron chi connectivity index (χ2n) is 4.33. The van der Waals surface area contributed by atoms with Gasteiger partial charge in [0.05, 0.1) is 0 Å². The van der Waals surface area contributed by atoms with Gasteiger partial charge < -0.3 is 0 Å². The van der Waals surface area contributed by atoms with Crippen LogP contribution in [0, 0.1) is 20.8 Å². The first kappa shape index (κ1) is 12.5. The Bertz CT molecular complexity index is 528. The van der Waals surface area contributed by atoms with E-state index in [4.69, 9.17) is 23.2 Å². The van der Waals surface area contributed by atoms with Gasteiger partial charge in [-0.3, -0.25) is 0 Å². The summed E-state index contributed by atoms with van der Waals surface area (Å²) < 4.78 is 0. The quantitative estimate of drug-likeness (QED) is 0.630. The Balaban J connectivity index is 2.69. The highest BCUT2D eigenvalue weighted by atomic mass is 35.5. The van der Waals surface area contributed by atoms with Gasteiger partial charge in [0, 0.05) is 15.6 Å². The maximum atomic E-state index is 6.22. The molecule has 0 radical (unpaired) electrons. The number of benzene rings is 2. The fourth-order valence-corrected chi connectivity index (χ4v) is 2.57. The van der Waals surface area contributed by atoms with Gasteiger partial charge in [-0.1, -0.05) is 41.4 Å². The molecule has 0 nitrogen and oxygen atoms in total. The summed E-state index contributed by atoms with van der Waals surface area (Å²) in [4.78, 5) is 0. The zero-order chi connectivity index (χ0) is 12.6. The minimum Gasteiger partial charge on any atom is -0.0836 e. The van der Waals surface area contributed by atoms with E-state index in [9.17, 15) is 0 Å². The van der Waals surface area contributed by atoms with Crippen LogP contribution in [0.25, 0.3) is 11.1 Å². The van der Waals surface area contributed by atoms with Crippen LogP contribution in [0.5, 0.6) is 0 Å². The van der Waals surface area contributed by atoms with Gasteiger partial charge in [0.2, 0.25) is 0 Å². The van der Waals surface area contributed by atoms with Crippen LogP contribution in [0.3, 0.4) is 0 Å². The Morgan fingerprint density at radius 3 is 1.76 bits per heavy atom. The summed E-state index contributed by atoms with van der Waals surface area (Å²) in [5, 5.41) is 1.39. The lowest BCUT2D eigenvalue weighted by Gasteiger charge is -2.12. The second-order valence-corrected chi connectivity index (χ2v) is 5.15. The van der Waals surface area contributed by atoms with E-state index < -0.39 is 0 Å². The van der Waals surface area contributed by atoms with E-state index in [2.05, 4.69) is 32.9 Å². The Hall–Kier alpha value is -0.980. The average Bonchev–Trinajstić information content (AvgIpc) is 2.25. The lowest BCUT2D eigenvalue weighted by atomic mass is 9.96. The van der Waals surface area contributed by atoms with Crippen LogP contribution in [0.15, 0.2) is 30.3 Å². The molecule has 0 aliphatic carbocycles. The molecule has 17 heavy (non-hydrogen) atoms. The highest BCUT2D eigenvalue weighted by Crippen LogP contribution is 2.36. The molecule has 0 spiro atoms. The van der Waals surface area contributed by atoms with Gasteiger partial charge in [-0.15, -0.1) is 0 Å². The maximum absolute atomic E-state index is 6.22. The minimum absolute atomic E-state index is 0.695. The molecule has 0 aliphatic heterocycles. The van der Waals surface area contributed by atoms with E-state index in [0.717, 1.165) is 11.1 Å². The fourth-order valence-electron chi connectivity index (χ4n) is 1.95. The van der Waals surface area contributed by atoms with Gasteiger partial charge in [-0.05, 0) is 55.2 Å². The molecular weight excluding hydrogens is 251 g/mol. The number of hydrogen-bond donors (Lipinski definition) is 0. The Labute approximate surface area is 112 Å². The van der Waals surface area contributed by atoms with Crippen molar-refractivity contribution >= 4 is 23.2 Å². The van der Waals surface area contributed by atoms with Crippen molar-refractivity contribution < 1.29 is 0 Å². The van der Waals surface area contributed by atoms with Crippen molar-refractivity contribution in [3.8, 4) is 11.1 Å². The first-order chi connectivity index (χ1) is 8.00.